The van der Waals surface area contributed by atoms with Crippen molar-refractivity contribution in [3.8, 4) is 0 Å². The van der Waals surface area contributed by atoms with Crippen LogP contribution in [0.4, 0.5) is 10.5 Å². The Hall–Kier alpha value is -1.82. The van der Waals surface area contributed by atoms with Crippen molar-refractivity contribution in [3.63, 3.8) is 0 Å². The molecular weight excluding hydrogens is 234 g/mol. The molecule has 0 saturated carbocycles. The second-order valence-electron chi connectivity index (χ2n) is 4.49. The lowest BCUT2D eigenvalue weighted by Gasteiger charge is -2.27. The number of carbonyl (C=O) groups excluding carboxylic acids is 1. The smallest absolute Gasteiger partial charge is 0.319 e. The Balaban J connectivity index is 2.77. The molecule has 0 radical (unpaired) electrons. The van der Waals surface area contributed by atoms with Crippen molar-refractivity contribution in [2.24, 2.45) is 7.05 Å². The van der Waals surface area contributed by atoms with E-state index in [9.17, 15) is 14.7 Å². The first-order valence-electron chi connectivity index (χ1n) is 5.77. The predicted octanol–water partition coefficient (Wildman–Crippen LogP) is 0.668. The van der Waals surface area contributed by atoms with Crippen LogP contribution in [-0.4, -0.2) is 27.9 Å². The molecule has 1 atom stereocenters. The van der Waals surface area contributed by atoms with Crippen molar-refractivity contribution in [2.75, 3.05) is 11.9 Å². The monoisotopic (exact) mass is 253 g/mol. The Kier molecular flexibility index (Phi) is 4.49. The van der Waals surface area contributed by atoms with Crippen molar-refractivity contribution in [3.05, 3.63) is 28.7 Å². The minimum absolute atomic E-state index is 0.163. The molecule has 0 aromatic carbocycles. The number of hydrogen-bond donors (Lipinski definition) is 3. The van der Waals surface area contributed by atoms with E-state index in [0.717, 1.165) is 0 Å². The Morgan fingerprint density at radius 2 is 2.22 bits per heavy atom. The third-order valence-electron chi connectivity index (χ3n) is 2.92. The lowest BCUT2D eigenvalue weighted by atomic mass is 10.0. The largest absolute Gasteiger partial charge is 0.394 e. The molecule has 0 aliphatic heterocycles. The maximum atomic E-state index is 11.7. The molecule has 0 bridgehead atoms. The maximum absolute atomic E-state index is 11.7. The first-order valence-corrected chi connectivity index (χ1v) is 5.77. The number of amides is 2. The molecule has 1 unspecified atom stereocenters. The maximum Gasteiger partial charge on any atom is 0.319 e. The summed E-state index contributed by atoms with van der Waals surface area (Å²) in [5.41, 5.74) is -0.770. The second kappa shape index (κ2) is 5.68. The number of carbonyl (C=O) groups is 1. The molecule has 18 heavy (non-hydrogen) atoms. The molecule has 1 rings (SSSR count). The van der Waals surface area contributed by atoms with E-state index in [4.69, 9.17) is 0 Å². The van der Waals surface area contributed by atoms with Crippen molar-refractivity contribution in [1.29, 1.82) is 0 Å². The first-order chi connectivity index (χ1) is 8.41. The summed E-state index contributed by atoms with van der Waals surface area (Å²) in [4.78, 5) is 23.4. The van der Waals surface area contributed by atoms with Crippen molar-refractivity contribution in [1.82, 2.24) is 9.88 Å². The number of nitrogens with one attached hydrogen (secondary N) is 2. The number of aromatic nitrogens is 1. The molecule has 3 N–H and O–H groups in total. The Morgan fingerprint density at radius 3 is 2.78 bits per heavy atom. The molecule has 100 valence electrons. The molecule has 1 aromatic heterocycles. The summed E-state index contributed by atoms with van der Waals surface area (Å²) in [6.07, 6.45) is 2.19. The summed E-state index contributed by atoms with van der Waals surface area (Å²) >= 11 is 0. The van der Waals surface area contributed by atoms with Crippen LogP contribution in [-0.2, 0) is 7.05 Å². The number of nitrogens with zero attached hydrogens (tertiary/aromatic N) is 1. The van der Waals surface area contributed by atoms with Gasteiger partial charge in [-0.1, -0.05) is 6.92 Å². The number of aryl methyl sites for hydroxylation is 1. The number of anilines is 1. The molecule has 6 heteroatoms. The van der Waals surface area contributed by atoms with Crippen LogP contribution in [0.5, 0.6) is 0 Å². The Labute approximate surface area is 106 Å². The number of aliphatic hydroxyl groups is 1. The number of hydrogen-bond acceptors (Lipinski definition) is 3. The average molecular weight is 253 g/mol. The zero-order chi connectivity index (χ0) is 13.8. The first kappa shape index (κ1) is 14.2. The number of rotatable bonds is 4. The van der Waals surface area contributed by atoms with Gasteiger partial charge in [0.25, 0.3) is 5.56 Å². The fraction of sp³-hybridized carbons (Fsp3) is 0.500. The Morgan fingerprint density at radius 1 is 1.56 bits per heavy atom. The molecule has 0 aliphatic carbocycles. The number of pyridine rings is 1. The molecule has 0 spiro atoms. The van der Waals surface area contributed by atoms with Gasteiger partial charge < -0.3 is 20.3 Å². The average Bonchev–Trinajstić information content (AvgIpc) is 2.34. The molecule has 0 aliphatic rings. The second-order valence-corrected chi connectivity index (χ2v) is 4.49. The van der Waals surface area contributed by atoms with Crippen LogP contribution < -0.4 is 16.2 Å². The molecule has 2 amide bonds. The highest BCUT2D eigenvalue weighted by atomic mass is 16.3. The lowest BCUT2D eigenvalue weighted by molar-refractivity contribution is 0.172. The fourth-order valence-corrected chi connectivity index (χ4v) is 1.36. The molecule has 1 heterocycles. The third kappa shape index (κ3) is 3.33. The van der Waals surface area contributed by atoms with Gasteiger partial charge in [-0.15, -0.1) is 0 Å². The normalized spacial score (nSPS) is 13.8. The van der Waals surface area contributed by atoms with Gasteiger partial charge in [-0.2, -0.15) is 0 Å². The van der Waals surface area contributed by atoms with Gasteiger partial charge in [0, 0.05) is 13.2 Å². The third-order valence-corrected chi connectivity index (χ3v) is 2.92. The van der Waals surface area contributed by atoms with E-state index >= 15 is 0 Å². The summed E-state index contributed by atoms with van der Waals surface area (Å²) in [6.45, 7) is 3.43. The standard InChI is InChI=1S/C12H19N3O3/c1-4-12(2,8-16)14-11(18)13-9-6-5-7-15(3)10(9)17/h5-7,16H,4,8H2,1-3H3,(H2,13,14,18). The van der Waals surface area contributed by atoms with Gasteiger partial charge in [-0.25, -0.2) is 4.79 Å². The molecular formula is C12H19N3O3. The molecule has 0 fully saturated rings. The van der Waals surface area contributed by atoms with Crippen LogP contribution in [0.15, 0.2) is 23.1 Å². The van der Waals surface area contributed by atoms with Gasteiger partial charge in [-0.3, -0.25) is 4.79 Å². The van der Waals surface area contributed by atoms with Crippen molar-refractivity contribution < 1.29 is 9.90 Å². The quantitative estimate of drug-likeness (QED) is 0.737. The van der Waals surface area contributed by atoms with Gasteiger partial charge in [0.05, 0.1) is 12.1 Å². The topological polar surface area (TPSA) is 83.4 Å². The van der Waals surface area contributed by atoms with E-state index < -0.39 is 11.6 Å². The zero-order valence-corrected chi connectivity index (χ0v) is 10.9. The van der Waals surface area contributed by atoms with E-state index in [0.29, 0.717) is 6.42 Å². The predicted molar refractivity (Wildman–Crippen MR) is 69.6 cm³/mol. The van der Waals surface area contributed by atoms with Gasteiger partial charge in [0.2, 0.25) is 0 Å². The highest BCUT2D eigenvalue weighted by molar-refractivity contribution is 5.89. The van der Waals surface area contributed by atoms with E-state index in [1.807, 2.05) is 6.92 Å². The van der Waals surface area contributed by atoms with Crippen LogP contribution in [0.2, 0.25) is 0 Å². The van der Waals surface area contributed by atoms with Crippen molar-refractivity contribution >= 4 is 11.7 Å². The van der Waals surface area contributed by atoms with Crippen molar-refractivity contribution in [2.45, 2.75) is 25.8 Å². The van der Waals surface area contributed by atoms with Crippen LogP contribution in [0.1, 0.15) is 20.3 Å². The minimum atomic E-state index is -0.690. The lowest BCUT2D eigenvalue weighted by Crippen LogP contribution is -2.50. The Bertz CT molecular complexity index is 478. The number of urea groups is 1. The van der Waals surface area contributed by atoms with Crippen LogP contribution in [0.25, 0.3) is 0 Å². The van der Waals surface area contributed by atoms with Gasteiger partial charge >= 0.3 is 6.03 Å². The fourth-order valence-electron chi connectivity index (χ4n) is 1.36. The summed E-state index contributed by atoms with van der Waals surface area (Å²) in [5.74, 6) is 0. The van der Waals surface area contributed by atoms with E-state index in [1.165, 1.54) is 10.6 Å². The summed E-state index contributed by atoms with van der Waals surface area (Å²) < 4.78 is 1.38. The highest BCUT2D eigenvalue weighted by Gasteiger charge is 2.23. The highest BCUT2D eigenvalue weighted by Crippen LogP contribution is 2.08. The molecule has 1 aromatic rings. The van der Waals surface area contributed by atoms with Crippen LogP contribution in [0.3, 0.4) is 0 Å². The van der Waals surface area contributed by atoms with E-state index in [1.54, 1.807) is 26.2 Å². The van der Waals surface area contributed by atoms with Crippen LogP contribution >= 0.6 is 0 Å². The SMILES string of the molecule is CCC(C)(CO)NC(=O)Nc1cccn(C)c1=O. The van der Waals surface area contributed by atoms with Gasteiger partial charge in [0.1, 0.15) is 5.69 Å². The van der Waals surface area contributed by atoms with E-state index in [2.05, 4.69) is 10.6 Å². The summed E-state index contributed by atoms with van der Waals surface area (Å²) in [7, 11) is 1.61. The van der Waals surface area contributed by atoms with Gasteiger partial charge in [-0.05, 0) is 25.5 Å². The summed E-state index contributed by atoms with van der Waals surface area (Å²) in [5, 5.41) is 14.3. The summed E-state index contributed by atoms with van der Waals surface area (Å²) in [6, 6.07) is 2.70. The molecule has 6 nitrogen and oxygen atoms in total. The van der Waals surface area contributed by atoms with E-state index in [-0.39, 0.29) is 17.9 Å². The zero-order valence-electron chi connectivity index (χ0n) is 10.9. The van der Waals surface area contributed by atoms with Crippen LogP contribution in [0, 0.1) is 0 Å². The van der Waals surface area contributed by atoms with Gasteiger partial charge in [0.15, 0.2) is 0 Å². The molecule has 0 saturated heterocycles. The number of aliphatic hydroxyl groups excluding tert-OH is 1. The minimum Gasteiger partial charge on any atom is -0.394 e.